The van der Waals surface area contributed by atoms with Gasteiger partial charge < -0.3 is 5.11 Å². The van der Waals surface area contributed by atoms with Crippen LogP contribution in [0.1, 0.15) is 27.8 Å². The number of aryl methyl sites for hydroxylation is 1. The predicted octanol–water partition coefficient (Wildman–Crippen LogP) is 7.59. The van der Waals surface area contributed by atoms with Gasteiger partial charge in [0.1, 0.15) is 5.75 Å². The first-order chi connectivity index (χ1) is 14.0. The van der Waals surface area contributed by atoms with Gasteiger partial charge in [-0.2, -0.15) is 0 Å². The summed E-state index contributed by atoms with van der Waals surface area (Å²) < 4.78 is 2.11. The van der Waals surface area contributed by atoms with E-state index in [2.05, 4.69) is 99.4 Å². The summed E-state index contributed by atoms with van der Waals surface area (Å²) in [6.45, 7) is 2.11. The molecule has 0 heterocycles. The Morgan fingerprint density at radius 1 is 0.621 bits per heavy atom. The Bertz CT molecular complexity index is 1130. The molecule has 142 valence electrons. The smallest absolute Gasteiger partial charge is 0.115 e. The average molecular weight is 506 g/mol. The third-order valence-electron chi connectivity index (χ3n) is 5.85. The maximum atomic E-state index is 9.95. The molecule has 1 nitrogen and oxygen atoms in total. The largest absolute Gasteiger partial charge is 0.508 e. The zero-order valence-corrected chi connectivity index (χ0v) is 19.0. The van der Waals surface area contributed by atoms with Crippen LogP contribution in [-0.2, 0) is 5.41 Å². The fourth-order valence-corrected chi connectivity index (χ4v) is 5.29. The van der Waals surface area contributed by atoms with Crippen LogP contribution < -0.4 is 0 Å². The third kappa shape index (κ3) is 2.79. The van der Waals surface area contributed by atoms with Gasteiger partial charge in [-0.1, -0.05) is 86.0 Å². The van der Waals surface area contributed by atoms with Crippen molar-refractivity contribution in [3.63, 3.8) is 0 Å². The van der Waals surface area contributed by atoms with E-state index in [1.54, 1.807) is 12.1 Å². The standard InChI is InChI=1S/C26H18Br2O/c1-16-2-4-17(5-3-16)26(18-6-10-21(29)11-7-18)24-14-19(27)8-12-22(24)23-13-9-20(28)15-25(23)26/h2-15,29H,1H3. The Kier molecular flexibility index (Phi) is 4.41. The fraction of sp³-hybridized carbons (Fsp3) is 0.0769. The number of phenolic OH excluding ortho intramolecular Hbond substituents is 1. The van der Waals surface area contributed by atoms with E-state index in [0.717, 1.165) is 14.5 Å². The first-order valence-electron chi connectivity index (χ1n) is 9.47. The van der Waals surface area contributed by atoms with Gasteiger partial charge in [0.15, 0.2) is 0 Å². The molecule has 4 aromatic carbocycles. The van der Waals surface area contributed by atoms with Crippen molar-refractivity contribution in [3.8, 4) is 16.9 Å². The molecule has 1 N–H and O–H groups in total. The van der Waals surface area contributed by atoms with Crippen molar-refractivity contribution in [2.24, 2.45) is 0 Å². The van der Waals surface area contributed by atoms with Gasteiger partial charge >= 0.3 is 0 Å². The summed E-state index contributed by atoms with van der Waals surface area (Å²) in [5.74, 6) is 0.273. The molecule has 29 heavy (non-hydrogen) atoms. The van der Waals surface area contributed by atoms with Crippen LogP contribution in [0.15, 0.2) is 93.9 Å². The van der Waals surface area contributed by atoms with E-state index in [9.17, 15) is 5.11 Å². The van der Waals surface area contributed by atoms with Gasteiger partial charge in [0.25, 0.3) is 0 Å². The number of halogens is 2. The maximum Gasteiger partial charge on any atom is 0.115 e. The Labute approximate surface area is 187 Å². The summed E-state index contributed by atoms with van der Waals surface area (Å²) in [5, 5.41) is 9.95. The zero-order valence-electron chi connectivity index (χ0n) is 15.8. The molecule has 0 amide bonds. The number of hydrogen-bond donors (Lipinski definition) is 1. The van der Waals surface area contributed by atoms with E-state index in [-0.39, 0.29) is 5.75 Å². The van der Waals surface area contributed by atoms with Gasteiger partial charge in [0, 0.05) is 8.95 Å². The van der Waals surface area contributed by atoms with Crippen molar-refractivity contribution < 1.29 is 5.11 Å². The summed E-state index contributed by atoms with van der Waals surface area (Å²) in [5.41, 5.74) is 8.09. The van der Waals surface area contributed by atoms with Crippen molar-refractivity contribution in [1.82, 2.24) is 0 Å². The van der Waals surface area contributed by atoms with Crippen molar-refractivity contribution >= 4 is 31.9 Å². The molecule has 0 aliphatic heterocycles. The van der Waals surface area contributed by atoms with Gasteiger partial charge in [-0.05, 0) is 76.7 Å². The number of fused-ring (bicyclic) bond motifs is 3. The molecular formula is C26H18Br2O. The SMILES string of the molecule is Cc1ccc(C2(c3ccc(O)cc3)c3cc(Br)ccc3-c3ccc(Br)cc32)cc1. The molecule has 4 aromatic rings. The van der Waals surface area contributed by atoms with Crippen LogP contribution in [0.25, 0.3) is 11.1 Å². The number of hydrogen-bond acceptors (Lipinski definition) is 1. The fourth-order valence-electron chi connectivity index (χ4n) is 4.57. The normalized spacial score (nSPS) is 13.8. The maximum absolute atomic E-state index is 9.95. The molecule has 0 saturated carbocycles. The molecule has 0 bridgehead atoms. The Morgan fingerprint density at radius 3 is 1.55 bits per heavy atom. The zero-order chi connectivity index (χ0) is 20.2. The molecule has 5 rings (SSSR count). The number of benzene rings is 4. The van der Waals surface area contributed by atoms with Crippen LogP contribution in [-0.4, -0.2) is 5.11 Å². The Hall–Kier alpha value is -2.36. The molecule has 0 fully saturated rings. The molecule has 0 radical (unpaired) electrons. The van der Waals surface area contributed by atoms with E-state index < -0.39 is 5.41 Å². The number of phenols is 1. The predicted molar refractivity (Wildman–Crippen MR) is 126 cm³/mol. The second-order valence-electron chi connectivity index (χ2n) is 7.54. The molecule has 0 unspecified atom stereocenters. The summed E-state index contributed by atoms with van der Waals surface area (Å²) in [7, 11) is 0. The molecule has 0 saturated heterocycles. The lowest BCUT2D eigenvalue weighted by Gasteiger charge is -2.34. The highest BCUT2D eigenvalue weighted by Gasteiger charge is 2.46. The second-order valence-corrected chi connectivity index (χ2v) is 9.37. The molecule has 0 atom stereocenters. The lowest BCUT2D eigenvalue weighted by atomic mass is 9.67. The van der Waals surface area contributed by atoms with Gasteiger partial charge in [-0.3, -0.25) is 0 Å². The van der Waals surface area contributed by atoms with Crippen LogP contribution >= 0.6 is 31.9 Å². The second kappa shape index (κ2) is 6.86. The van der Waals surface area contributed by atoms with E-state index in [0.29, 0.717) is 0 Å². The lowest BCUT2D eigenvalue weighted by Crippen LogP contribution is -2.28. The van der Waals surface area contributed by atoms with Gasteiger partial charge in [-0.25, -0.2) is 0 Å². The quantitative estimate of drug-likeness (QED) is 0.262. The minimum Gasteiger partial charge on any atom is -0.508 e. The molecule has 0 spiro atoms. The van der Waals surface area contributed by atoms with Crippen molar-refractivity contribution in [2.75, 3.05) is 0 Å². The van der Waals surface area contributed by atoms with Crippen LogP contribution in [0.3, 0.4) is 0 Å². The van der Waals surface area contributed by atoms with Crippen molar-refractivity contribution in [2.45, 2.75) is 12.3 Å². The van der Waals surface area contributed by atoms with E-state index in [4.69, 9.17) is 0 Å². The Morgan fingerprint density at radius 2 is 1.07 bits per heavy atom. The van der Waals surface area contributed by atoms with Crippen LogP contribution in [0.2, 0.25) is 0 Å². The lowest BCUT2D eigenvalue weighted by molar-refractivity contribution is 0.475. The molecule has 3 heteroatoms. The van der Waals surface area contributed by atoms with E-state index in [1.165, 1.54) is 33.4 Å². The van der Waals surface area contributed by atoms with Crippen LogP contribution in [0, 0.1) is 6.92 Å². The summed E-state index contributed by atoms with van der Waals surface area (Å²) >= 11 is 7.39. The van der Waals surface area contributed by atoms with E-state index in [1.807, 2.05) is 12.1 Å². The van der Waals surface area contributed by atoms with Crippen molar-refractivity contribution in [3.05, 3.63) is 122 Å². The van der Waals surface area contributed by atoms with Crippen LogP contribution in [0.5, 0.6) is 5.75 Å². The monoisotopic (exact) mass is 504 g/mol. The average Bonchev–Trinajstić information content (AvgIpc) is 2.99. The molecular weight excluding hydrogens is 488 g/mol. The third-order valence-corrected chi connectivity index (χ3v) is 6.83. The van der Waals surface area contributed by atoms with Gasteiger partial charge in [0.2, 0.25) is 0 Å². The molecule has 0 aromatic heterocycles. The van der Waals surface area contributed by atoms with E-state index >= 15 is 0 Å². The summed E-state index contributed by atoms with van der Waals surface area (Å²) in [6, 6.07) is 29.5. The highest BCUT2D eigenvalue weighted by molar-refractivity contribution is 9.10. The highest BCUT2D eigenvalue weighted by atomic mass is 79.9. The number of rotatable bonds is 2. The van der Waals surface area contributed by atoms with Gasteiger partial charge in [0.05, 0.1) is 5.41 Å². The summed E-state index contributed by atoms with van der Waals surface area (Å²) in [6.07, 6.45) is 0. The van der Waals surface area contributed by atoms with Crippen molar-refractivity contribution in [1.29, 1.82) is 0 Å². The van der Waals surface area contributed by atoms with Crippen LogP contribution in [0.4, 0.5) is 0 Å². The minimum atomic E-state index is -0.459. The van der Waals surface area contributed by atoms with Gasteiger partial charge in [-0.15, -0.1) is 0 Å². The minimum absolute atomic E-state index is 0.273. The molecule has 1 aliphatic rings. The first kappa shape index (κ1) is 18.7. The summed E-state index contributed by atoms with van der Waals surface area (Å²) in [4.78, 5) is 0. The highest BCUT2D eigenvalue weighted by Crippen LogP contribution is 2.57. The Balaban J connectivity index is 1.97. The number of aromatic hydroxyl groups is 1. The first-order valence-corrected chi connectivity index (χ1v) is 11.1. The topological polar surface area (TPSA) is 20.2 Å². The molecule has 1 aliphatic carbocycles.